The summed E-state index contributed by atoms with van der Waals surface area (Å²) in [4.78, 5) is 7.04. The summed E-state index contributed by atoms with van der Waals surface area (Å²) in [5, 5.41) is 18.4. The maximum absolute atomic E-state index is 4.88. The van der Waals surface area contributed by atoms with Gasteiger partial charge in [-0.2, -0.15) is 0 Å². The van der Waals surface area contributed by atoms with Gasteiger partial charge in [0.25, 0.3) is 0 Å². The first-order chi connectivity index (χ1) is 17.6. The molecule has 0 saturated carbocycles. The SMILES string of the molecule is Brc1ccc(-n2cc(CN(Cc3cn(-c4ccc(Br)cc4)nn3)c3nc4ccccc4s3)nn2)cc1. The van der Waals surface area contributed by atoms with Gasteiger partial charge in [0.2, 0.25) is 0 Å². The molecule has 0 unspecified atom stereocenters. The van der Waals surface area contributed by atoms with Gasteiger partial charge in [-0.05, 0) is 60.7 Å². The molecule has 8 nitrogen and oxygen atoms in total. The Morgan fingerprint density at radius 3 is 1.75 bits per heavy atom. The summed E-state index contributed by atoms with van der Waals surface area (Å²) in [7, 11) is 0. The van der Waals surface area contributed by atoms with Crippen molar-refractivity contribution in [3.8, 4) is 11.4 Å². The Balaban J connectivity index is 1.29. The second kappa shape index (κ2) is 9.92. The van der Waals surface area contributed by atoms with Crippen LogP contribution in [-0.2, 0) is 13.1 Å². The maximum Gasteiger partial charge on any atom is 0.187 e. The molecule has 3 heterocycles. The molecule has 0 spiro atoms. The Bertz CT molecular complexity index is 1500. The van der Waals surface area contributed by atoms with Crippen LogP contribution in [0.25, 0.3) is 21.6 Å². The molecule has 6 aromatic rings. The van der Waals surface area contributed by atoms with Gasteiger partial charge in [0, 0.05) is 8.95 Å². The molecule has 0 bridgehead atoms. The van der Waals surface area contributed by atoms with E-state index in [0.29, 0.717) is 13.1 Å². The van der Waals surface area contributed by atoms with Gasteiger partial charge >= 0.3 is 0 Å². The number of nitrogens with zero attached hydrogens (tertiary/aromatic N) is 8. The third-order valence-corrected chi connectivity index (χ3v) is 7.68. The standard InChI is InChI=1S/C25H18Br2N8S/c26-17-5-9-21(10-6-17)34-15-19(29-31-34)13-33(25-28-23-3-1-2-4-24(23)36-25)14-20-16-35(32-30-20)22-11-7-18(27)8-12-22/h1-12,15-16H,13-14H2. The molecule has 11 heteroatoms. The van der Waals surface area contributed by atoms with Crippen molar-refractivity contribution in [3.05, 3.63) is 106 Å². The zero-order chi connectivity index (χ0) is 24.5. The Kier molecular flexibility index (Phi) is 6.34. The lowest BCUT2D eigenvalue weighted by atomic mass is 10.3. The summed E-state index contributed by atoms with van der Waals surface area (Å²) >= 11 is 8.60. The summed E-state index contributed by atoms with van der Waals surface area (Å²) < 4.78 is 6.73. The van der Waals surface area contributed by atoms with Gasteiger partial charge in [0.1, 0.15) is 11.4 Å². The molecule has 0 fully saturated rings. The number of hydrogen-bond acceptors (Lipinski definition) is 7. The fourth-order valence-corrected chi connectivity index (χ4v) is 5.25. The number of thiazole rings is 1. The van der Waals surface area contributed by atoms with Crippen LogP contribution in [0.5, 0.6) is 0 Å². The van der Waals surface area contributed by atoms with E-state index in [1.165, 1.54) is 0 Å². The second-order valence-electron chi connectivity index (χ2n) is 8.08. The van der Waals surface area contributed by atoms with E-state index in [9.17, 15) is 0 Å². The van der Waals surface area contributed by atoms with Crippen LogP contribution in [0.1, 0.15) is 11.4 Å². The topological polar surface area (TPSA) is 77.5 Å². The zero-order valence-electron chi connectivity index (χ0n) is 18.7. The van der Waals surface area contributed by atoms with Crippen molar-refractivity contribution >= 4 is 58.5 Å². The monoisotopic (exact) mass is 620 g/mol. The number of aromatic nitrogens is 7. The molecular formula is C25H18Br2N8S. The predicted octanol–water partition coefficient (Wildman–Crippen LogP) is 6.19. The molecule has 36 heavy (non-hydrogen) atoms. The summed E-state index contributed by atoms with van der Waals surface area (Å²) in [6.45, 7) is 1.06. The lowest BCUT2D eigenvalue weighted by Crippen LogP contribution is -2.22. The van der Waals surface area contributed by atoms with Gasteiger partial charge in [-0.15, -0.1) is 10.2 Å². The van der Waals surface area contributed by atoms with Gasteiger partial charge in [-0.25, -0.2) is 14.3 Å². The average molecular weight is 622 g/mol. The van der Waals surface area contributed by atoms with Crippen LogP contribution in [0.3, 0.4) is 0 Å². The number of halogens is 2. The molecule has 0 atom stereocenters. The van der Waals surface area contributed by atoms with Crippen molar-refractivity contribution in [2.75, 3.05) is 4.90 Å². The minimum absolute atomic E-state index is 0.529. The number of hydrogen-bond donors (Lipinski definition) is 0. The van der Waals surface area contributed by atoms with Gasteiger partial charge in [-0.3, -0.25) is 0 Å². The molecule has 0 saturated heterocycles. The average Bonchev–Trinajstić information content (AvgIpc) is 3.64. The first kappa shape index (κ1) is 23.0. The summed E-state index contributed by atoms with van der Waals surface area (Å²) in [6.07, 6.45) is 3.89. The number of anilines is 1. The first-order valence-electron chi connectivity index (χ1n) is 11.1. The van der Waals surface area contributed by atoms with E-state index in [1.54, 1.807) is 20.7 Å². The number of fused-ring (bicyclic) bond motifs is 1. The minimum Gasteiger partial charge on any atom is -0.336 e. The van der Waals surface area contributed by atoms with E-state index in [4.69, 9.17) is 4.98 Å². The lowest BCUT2D eigenvalue weighted by molar-refractivity contribution is 0.744. The number of benzene rings is 3. The third kappa shape index (κ3) is 4.95. The van der Waals surface area contributed by atoms with Crippen LogP contribution < -0.4 is 4.90 Å². The molecule has 178 valence electrons. The normalized spacial score (nSPS) is 11.3. The van der Waals surface area contributed by atoms with Crippen LogP contribution >= 0.6 is 43.2 Å². The van der Waals surface area contributed by atoms with Crippen molar-refractivity contribution in [1.82, 2.24) is 35.0 Å². The Morgan fingerprint density at radius 1 is 0.694 bits per heavy atom. The fraction of sp³-hybridized carbons (Fsp3) is 0.0800. The Labute approximate surface area is 227 Å². The van der Waals surface area contributed by atoms with Crippen LogP contribution in [0.15, 0.2) is 94.1 Å². The summed E-state index contributed by atoms with van der Waals surface area (Å²) in [5.74, 6) is 0. The molecule has 3 aromatic heterocycles. The highest BCUT2D eigenvalue weighted by Crippen LogP contribution is 2.30. The number of para-hydroxylation sites is 1. The van der Waals surface area contributed by atoms with E-state index in [2.05, 4.69) is 63.5 Å². The predicted molar refractivity (Wildman–Crippen MR) is 148 cm³/mol. The van der Waals surface area contributed by atoms with Crippen molar-refractivity contribution in [3.63, 3.8) is 0 Å². The zero-order valence-corrected chi connectivity index (χ0v) is 22.7. The largest absolute Gasteiger partial charge is 0.336 e. The lowest BCUT2D eigenvalue weighted by Gasteiger charge is -2.19. The van der Waals surface area contributed by atoms with Crippen LogP contribution in [-0.4, -0.2) is 35.0 Å². The van der Waals surface area contributed by atoms with E-state index in [-0.39, 0.29) is 0 Å². The van der Waals surface area contributed by atoms with Crippen molar-refractivity contribution in [1.29, 1.82) is 0 Å². The Hall–Kier alpha value is -3.41. The summed E-state index contributed by atoms with van der Waals surface area (Å²) in [5.41, 5.74) is 4.52. The van der Waals surface area contributed by atoms with Gasteiger partial charge in [0.05, 0.1) is 47.1 Å². The molecule has 0 aliphatic carbocycles. The van der Waals surface area contributed by atoms with Crippen LogP contribution in [0, 0.1) is 0 Å². The van der Waals surface area contributed by atoms with E-state index >= 15 is 0 Å². The minimum atomic E-state index is 0.529. The second-order valence-corrected chi connectivity index (χ2v) is 10.9. The Morgan fingerprint density at radius 2 is 1.22 bits per heavy atom. The van der Waals surface area contributed by atoms with E-state index in [1.807, 2.05) is 79.1 Å². The van der Waals surface area contributed by atoms with Gasteiger partial charge in [-0.1, -0.05) is 65.8 Å². The summed E-state index contributed by atoms with van der Waals surface area (Å²) in [6, 6.07) is 24.1. The first-order valence-corrected chi connectivity index (χ1v) is 13.5. The highest BCUT2D eigenvalue weighted by atomic mass is 79.9. The van der Waals surface area contributed by atoms with Crippen molar-refractivity contribution in [2.24, 2.45) is 0 Å². The van der Waals surface area contributed by atoms with Gasteiger partial charge in [0.15, 0.2) is 5.13 Å². The van der Waals surface area contributed by atoms with E-state index in [0.717, 1.165) is 47.1 Å². The smallest absolute Gasteiger partial charge is 0.187 e. The molecular weight excluding hydrogens is 604 g/mol. The van der Waals surface area contributed by atoms with Crippen molar-refractivity contribution in [2.45, 2.75) is 13.1 Å². The molecule has 0 N–H and O–H groups in total. The third-order valence-electron chi connectivity index (χ3n) is 5.52. The van der Waals surface area contributed by atoms with Crippen LogP contribution in [0.4, 0.5) is 5.13 Å². The number of rotatable bonds is 7. The van der Waals surface area contributed by atoms with Gasteiger partial charge < -0.3 is 4.90 Å². The molecule has 0 amide bonds. The quantitative estimate of drug-likeness (QED) is 0.212. The van der Waals surface area contributed by atoms with E-state index < -0.39 is 0 Å². The fourth-order valence-electron chi connectivity index (χ4n) is 3.76. The molecule has 0 aliphatic heterocycles. The van der Waals surface area contributed by atoms with Crippen molar-refractivity contribution < 1.29 is 0 Å². The maximum atomic E-state index is 4.88. The van der Waals surface area contributed by atoms with Crippen LogP contribution in [0.2, 0.25) is 0 Å². The molecule has 0 radical (unpaired) electrons. The molecule has 0 aliphatic rings. The highest BCUT2D eigenvalue weighted by molar-refractivity contribution is 9.10. The highest BCUT2D eigenvalue weighted by Gasteiger charge is 2.17. The molecule has 6 rings (SSSR count). The molecule has 3 aromatic carbocycles.